The molecule has 0 radical (unpaired) electrons. The molecule has 0 unspecified atom stereocenters. The molecule has 4 rings (SSSR count). The van der Waals surface area contributed by atoms with Crippen molar-refractivity contribution < 1.29 is 24.1 Å². The Bertz CT molecular complexity index is 652. The zero-order valence-corrected chi connectivity index (χ0v) is 16.9. The van der Waals surface area contributed by atoms with Crippen LogP contribution in [0.5, 0.6) is 0 Å². The first-order chi connectivity index (χ1) is 14.2. The van der Waals surface area contributed by atoms with Gasteiger partial charge in [0.15, 0.2) is 0 Å². The molecular formula is C22H32N2O5. The van der Waals surface area contributed by atoms with Gasteiger partial charge in [0, 0.05) is 32.2 Å². The summed E-state index contributed by atoms with van der Waals surface area (Å²) in [6, 6.07) is 10.5. The maximum Gasteiger partial charge on any atom is 0.225 e. The number of hydrogen-bond donors (Lipinski definition) is 1. The van der Waals surface area contributed by atoms with Crippen molar-refractivity contribution in [2.24, 2.45) is 0 Å². The largest absolute Gasteiger partial charge is 0.389 e. The molecule has 3 aliphatic rings. The summed E-state index contributed by atoms with van der Waals surface area (Å²) in [4.78, 5) is 16.8. The Morgan fingerprint density at radius 3 is 2.66 bits per heavy atom. The monoisotopic (exact) mass is 404 g/mol. The first-order valence-electron chi connectivity index (χ1n) is 10.7. The standard InChI is InChI=1S/C22H32N2O5/c25-18-14-24(13-17-4-2-1-3-5-17)20-7-6-19(29-21(20)16-28-15-18)12-22(26)23-8-10-27-11-9-23/h1-5,18-21,25H,6-16H2/t18-,19-,20+,21-/m1/s1. The van der Waals surface area contributed by atoms with E-state index in [9.17, 15) is 9.90 Å². The normalized spacial score (nSPS) is 31.6. The molecule has 0 bridgehead atoms. The summed E-state index contributed by atoms with van der Waals surface area (Å²) >= 11 is 0. The molecule has 160 valence electrons. The Balaban J connectivity index is 1.39. The van der Waals surface area contributed by atoms with E-state index in [1.165, 1.54) is 5.56 Å². The lowest BCUT2D eigenvalue weighted by Crippen LogP contribution is -2.55. The minimum absolute atomic E-state index is 0.0712. The molecule has 3 heterocycles. The second-order valence-electron chi connectivity index (χ2n) is 8.24. The molecule has 7 heteroatoms. The van der Waals surface area contributed by atoms with E-state index in [0.29, 0.717) is 52.5 Å². The number of aliphatic hydroxyl groups excluding tert-OH is 1. The summed E-state index contributed by atoms with van der Waals surface area (Å²) in [5, 5.41) is 10.3. The fourth-order valence-corrected chi connectivity index (χ4v) is 4.58. The molecule has 0 aromatic heterocycles. The third kappa shape index (κ3) is 5.55. The molecular weight excluding hydrogens is 372 g/mol. The molecule has 4 atom stereocenters. The molecule has 0 aliphatic carbocycles. The van der Waals surface area contributed by atoms with Gasteiger partial charge in [-0.3, -0.25) is 9.69 Å². The Hall–Kier alpha value is -1.51. The second kappa shape index (κ2) is 10.00. The fourth-order valence-electron chi connectivity index (χ4n) is 4.58. The van der Waals surface area contributed by atoms with Crippen LogP contribution < -0.4 is 0 Å². The smallest absolute Gasteiger partial charge is 0.225 e. The highest BCUT2D eigenvalue weighted by molar-refractivity contribution is 5.76. The molecule has 1 aromatic rings. The van der Waals surface area contributed by atoms with Crippen LogP contribution in [0.15, 0.2) is 30.3 Å². The number of rotatable bonds is 4. The van der Waals surface area contributed by atoms with Crippen molar-refractivity contribution in [3.63, 3.8) is 0 Å². The van der Waals surface area contributed by atoms with E-state index in [0.717, 1.165) is 19.4 Å². The SMILES string of the molecule is O=C(C[C@H]1CC[C@H]2[C@@H](COC[C@H](O)CN2Cc2ccccc2)O1)N1CCOCC1. The highest BCUT2D eigenvalue weighted by Crippen LogP contribution is 2.29. The molecule has 3 aliphatic heterocycles. The number of aliphatic hydroxyl groups is 1. The van der Waals surface area contributed by atoms with E-state index in [4.69, 9.17) is 14.2 Å². The zero-order valence-electron chi connectivity index (χ0n) is 16.9. The van der Waals surface area contributed by atoms with Crippen molar-refractivity contribution in [1.82, 2.24) is 9.80 Å². The van der Waals surface area contributed by atoms with Crippen LogP contribution in [0.25, 0.3) is 0 Å². The average molecular weight is 405 g/mol. The van der Waals surface area contributed by atoms with Crippen molar-refractivity contribution in [2.45, 2.75) is 50.2 Å². The predicted octanol–water partition coefficient (Wildman–Crippen LogP) is 1.04. The van der Waals surface area contributed by atoms with E-state index in [1.807, 2.05) is 23.1 Å². The van der Waals surface area contributed by atoms with Gasteiger partial charge < -0.3 is 24.2 Å². The minimum atomic E-state index is -0.500. The molecule has 3 saturated heterocycles. The number of carbonyl (C=O) groups is 1. The van der Waals surface area contributed by atoms with Crippen molar-refractivity contribution in [2.75, 3.05) is 46.1 Å². The molecule has 1 aromatic carbocycles. The van der Waals surface area contributed by atoms with Gasteiger partial charge in [-0.25, -0.2) is 0 Å². The molecule has 1 amide bonds. The average Bonchev–Trinajstić information content (AvgIpc) is 2.74. The predicted molar refractivity (Wildman–Crippen MR) is 107 cm³/mol. The lowest BCUT2D eigenvalue weighted by atomic mass is 9.94. The van der Waals surface area contributed by atoms with Crippen LogP contribution >= 0.6 is 0 Å². The maximum atomic E-state index is 12.6. The fraction of sp³-hybridized carbons (Fsp3) is 0.682. The van der Waals surface area contributed by atoms with Crippen LogP contribution in [0.3, 0.4) is 0 Å². The van der Waals surface area contributed by atoms with Crippen LogP contribution in [-0.2, 0) is 25.5 Å². The van der Waals surface area contributed by atoms with Crippen molar-refractivity contribution in [3.8, 4) is 0 Å². The van der Waals surface area contributed by atoms with Gasteiger partial charge >= 0.3 is 0 Å². The second-order valence-corrected chi connectivity index (χ2v) is 8.24. The number of carbonyl (C=O) groups excluding carboxylic acids is 1. The number of morpholine rings is 1. The number of nitrogens with zero attached hydrogens (tertiary/aromatic N) is 2. The third-order valence-electron chi connectivity index (χ3n) is 6.08. The first-order valence-corrected chi connectivity index (χ1v) is 10.7. The topological polar surface area (TPSA) is 71.5 Å². The number of fused-ring (bicyclic) bond motifs is 1. The van der Waals surface area contributed by atoms with Gasteiger partial charge in [0.05, 0.1) is 51.2 Å². The van der Waals surface area contributed by atoms with E-state index in [-0.39, 0.29) is 24.2 Å². The van der Waals surface area contributed by atoms with Gasteiger partial charge in [0.2, 0.25) is 5.91 Å². The lowest BCUT2D eigenvalue weighted by Gasteiger charge is -2.44. The quantitative estimate of drug-likeness (QED) is 0.809. The molecule has 0 saturated carbocycles. The summed E-state index contributed by atoms with van der Waals surface area (Å²) < 4.78 is 17.4. The van der Waals surface area contributed by atoms with Crippen LogP contribution in [-0.4, -0.2) is 91.2 Å². The zero-order chi connectivity index (χ0) is 20.1. The summed E-state index contributed by atoms with van der Waals surface area (Å²) in [6.45, 7) is 4.69. The van der Waals surface area contributed by atoms with Gasteiger partial charge in [-0.1, -0.05) is 30.3 Å². The van der Waals surface area contributed by atoms with Crippen LogP contribution in [0.1, 0.15) is 24.8 Å². The Kier molecular flexibility index (Phi) is 7.15. The van der Waals surface area contributed by atoms with Crippen molar-refractivity contribution >= 4 is 5.91 Å². The Morgan fingerprint density at radius 1 is 1.07 bits per heavy atom. The summed E-state index contributed by atoms with van der Waals surface area (Å²) in [6.07, 6.45) is 1.55. The molecule has 1 N–H and O–H groups in total. The summed E-state index contributed by atoms with van der Waals surface area (Å²) in [5.41, 5.74) is 1.23. The number of benzene rings is 1. The highest BCUT2D eigenvalue weighted by atomic mass is 16.5. The summed E-state index contributed by atoms with van der Waals surface area (Å²) in [5.74, 6) is 0.153. The van der Waals surface area contributed by atoms with Crippen LogP contribution in [0, 0.1) is 0 Å². The van der Waals surface area contributed by atoms with E-state index in [1.54, 1.807) is 0 Å². The summed E-state index contributed by atoms with van der Waals surface area (Å²) in [7, 11) is 0. The molecule has 7 nitrogen and oxygen atoms in total. The highest BCUT2D eigenvalue weighted by Gasteiger charge is 2.38. The molecule has 0 spiro atoms. The number of amides is 1. The van der Waals surface area contributed by atoms with E-state index < -0.39 is 6.10 Å². The third-order valence-corrected chi connectivity index (χ3v) is 6.08. The van der Waals surface area contributed by atoms with Crippen LogP contribution in [0.2, 0.25) is 0 Å². The lowest BCUT2D eigenvalue weighted by molar-refractivity contribution is -0.162. The Labute approximate surface area is 172 Å². The van der Waals surface area contributed by atoms with Gasteiger partial charge in [-0.15, -0.1) is 0 Å². The number of hydrogen-bond acceptors (Lipinski definition) is 6. The van der Waals surface area contributed by atoms with E-state index >= 15 is 0 Å². The molecule has 29 heavy (non-hydrogen) atoms. The van der Waals surface area contributed by atoms with E-state index in [2.05, 4.69) is 17.0 Å². The maximum absolute atomic E-state index is 12.6. The van der Waals surface area contributed by atoms with Crippen molar-refractivity contribution in [3.05, 3.63) is 35.9 Å². The number of β-amino-alcohol motifs (C(OH)–C–C–N with tert-alkyl or cyclic N) is 1. The van der Waals surface area contributed by atoms with Crippen LogP contribution in [0.4, 0.5) is 0 Å². The van der Waals surface area contributed by atoms with Crippen molar-refractivity contribution in [1.29, 1.82) is 0 Å². The number of ether oxygens (including phenoxy) is 3. The Morgan fingerprint density at radius 2 is 1.86 bits per heavy atom. The van der Waals surface area contributed by atoms with Gasteiger partial charge in [-0.05, 0) is 18.4 Å². The van der Waals surface area contributed by atoms with Gasteiger partial charge in [-0.2, -0.15) is 0 Å². The van der Waals surface area contributed by atoms with Gasteiger partial charge in [0.1, 0.15) is 0 Å². The minimum Gasteiger partial charge on any atom is -0.389 e. The first kappa shape index (κ1) is 20.8. The van der Waals surface area contributed by atoms with Gasteiger partial charge in [0.25, 0.3) is 0 Å². The molecule has 3 fully saturated rings.